The highest BCUT2D eigenvalue weighted by Gasteiger charge is 2.25. The number of nitrogen functional groups attached to an aromatic ring is 1. The van der Waals surface area contributed by atoms with Crippen LogP contribution in [0.1, 0.15) is 55.6 Å². The summed E-state index contributed by atoms with van der Waals surface area (Å²) < 4.78 is 1.93. The van der Waals surface area contributed by atoms with Crippen LogP contribution in [-0.4, -0.2) is 22.2 Å². The minimum atomic E-state index is -0.485. The molecule has 2 amide bonds. The summed E-state index contributed by atoms with van der Waals surface area (Å²) in [5, 5.41) is 11.9. The number of carbonyl (C=O) groups is 2. The van der Waals surface area contributed by atoms with Crippen molar-refractivity contribution in [2.24, 2.45) is 11.5 Å². The fourth-order valence-electron chi connectivity index (χ4n) is 4.68. The van der Waals surface area contributed by atoms with Crippen LogP contribution >= 0.6 is 0 Å². The molecule has 1 aromatic heterocycles. The van der Waals surface area contributed by atoms with Crippen LogP contribution in [0.5, 0.6) is 0 Å². The molecular formula is C27H25N5O2. The summed E-state index contributed by atoms with van der Waals surface area (Å²) in [5.74, 6) is -0.675. The van der Waals surface area contributed by atoms with Gasteiger partial charge in [0.2, 0.25) is 5.91 Å². The zero-order chi connectivity index (χ0) is 23.8. The van der Waals surface area contributed by atoms with E-state index in [9.17, 15) is 9.59 Å². The van der Waals surface area contributed by atoms with Crippen LogP contribution < -0.4 is 16.8 Å². The van der Waals surface area contributed by atoms with Crippen molar-refractivity contribution in [1.29, 1.82) is 5.41 Å². The van der Waals surface area contributed by atoms with Crippen LogP contribution in [0, 0.1) is 5.41 Å². The van der Waals surface area contributed by atoms with Gasteiger partial charge in [0.25, 0.3) is 5.91 Å². The summed E-state index contributed by atoms with van der Waals surface area (Å²) >= 11 is 0. The Kier molecular flexibility index (Phi) is 5.37. The van der Waals surface area contributed by atoms with Crippen LogP contribution in [-0.2, 0) is 13.0 Å². The normalized spacial score (nSPS) is 14.6. The molecule has 0 bridgehead atoms. The third-order valence-corrected chi connectivity index (χ3v) is 6.47. The first-order valence-electron chi connectivity index (χ1n) is 11.2. The second-order valence-electron chi connectivity index (χ2n) is 8.63. The van der Waals surface area contributed by atoms with Gasteiger partial charge >= 0.3 is 0 Å². The number of nitrogens with one attached hydrogen (secondary N) is 2. The van der Waals surface area contributed by atoms with Gasteiger partial charge in [-0.15, -0.1) is 0 Å². The molecule has 1 atom stereocenters. The van der Waals surface area contributed by atoms with Gasteiger partial charge in [0, 0.05) is 28.6 Å². The number of aryl methyl sites for hydroxylation is 1. The maximum Gasteiger partial charge on any atom is 0.268 e. The number of amides is 2. The SMILES string of the molecule is N=C(N)c1ccc2cc(C(=O)N[C@H]3CCc4ccccc43)n(Cc3ccc(C(N)=O)cc3)c2c1. The van der Waals surface area contributed by atoms with Crippen molar-refractivity contribution >= 4 is 28.6 Å². The average molecular weight is 452 g/mol. The van der Waals surface area contributed by atoms with Crippen molar-refractivity contribution in [3.8, 4) is 0 Å². The highest BCUT2D eigenvalue weighted by atomic mass is 16.2. The Balaban J connectivity index is 1.53. The van der Waals surface area contributed by atoms with E-state index >= 15 is 0 Å². The predicted octanol–water partition coefficient (Wildman–Crippen LogP) is 3.49. The first-order valence-corrected chi connectivity index (χ1v) is 11.2. The second-order valence-corrected chi connectivity index (χ2v) is 8.63. The molecule has 0 radical (unpaired) electrons. The molecule has 1 aliphatic rings. The molecule has 34 heavy (non-hydrogen) atoms. The molecule has 7 nitrogen and oxygen atoms in total. The molecule has 170 valence electrons. The standard InChI is InChI=1S/C27H25N5O2/c28-25(29)20-10-9-19-13-24(27(34)31-22-12-11-17-3-1-2-4-21(17)22)32(23(19)14-20)15-16-5-7-18(8-6-16)26(30)33/h1-10,13-14,22H,11-12,15H2,(H3,28,29)(H2,30,33)(H,31,34)/t22-/m0/s1. The topological polar surface area (TPSA) is 127 Å². The zero-order valence-electron chi connectivity index (χ0n) is 18.5. The number of nitrogens with two attached hydrogens (primary N) is 2. The van der Waals surface area contributed by atoms with E-state index in [1.807, 2.05) is 47.0 Å². The first-order chi connectivity index (χ1) is 16.4. The van der Waals surface area contributed by atoms with Gasteiger partial charge in [0.05, 0.1) is 6.04 Å². The number of fused-ring (bicyclic) bond motifs is 2. The highest BCUT2D eigenvalue weighted by molar-refractivity contribution is 6.02. The van der Waals surface area contributed by atoms with Crippen LogP contribution in [0.4, 0.5) is 0 Å². The molecule has 6 N–H and O–H groups in total. The summed E-state index contributed by atoms with van der Waals surface area (Å²) in [5.41, 5.74) is 16.8. The fourth-order valence-corrected chi connectivity index (χ4v) is 4.68. The number of hydrogen-bond acceptors (Lipinski definition) is 3. The third-order valence-electron chi connectivity index (χ3n) is 6.47. The number of aromatic nitrogens is 1. The molecule has 3 aromatic carbocycles. The third kappa shape index (κ3) is 3.92. The van der Waals surface area contributed by atoms with Crippen molar-refractivity contribution in [2.75, 3.05) is 0 Å². The van der Waals surface area contributed by atoms with Crippen molar-refractivity contribution in [2.45, 2.75) is 25.4 Å². The maximum atomic E-state index is 13.5. The van der Waals surface area contributed by atoms with Gasteiger partial charge in [-0.2, -0.15) is 0 Å². The summed E-state index contributed by atoms with van der Waals surface area (Å²) in [6.07, 6.45) is 1.81. The smallest absolute Gasteiger partial charge is 0.268 e. The molecule has 0 fully saturated rings. The molecular weight excluding hydrogens is 426 g/mol. The van der Waals surface area contributed by atoms with Gasteiger partial charge in [-0.05, 0) is 53.8 Å². The molecule has 0 aliphatic heterocycles. The molecule has 4 aromatic rings. The molecule has 1 aliphatic carbocycles. The Morgan fingerprint density at radius 1 is 0.971 bits per heavy atom. The maximum absolute atomic E-state index is 13.5. The summed E-state index contributed by atoms with van der Waals surface area (Å²) in [6.45, 7) is 0.411. The minimum Gasteiger partial charge on any atom is -0.384 e. The fraction of sp³-hybridized carbons (Fsp3) is 0.148. The van der Waals surface area contributed by atoms with E-state index in [0.717, 1.165) is 29.3 Å². The lowest BCUT2D eigenvalue weighted by Gasteiger charge is -2.16. The van der Waals surface area contributed by atoms with E-state index in [0.29, 0.717) is 23.4 Å². The highest BCUT2D eigenvalue weighted by Crippen LogP contribution is 2.31. The van der Waals surface area contributed by atoms with Crippen molar-refractivity contribution in [1.82, 2.24) is 9.88 Å². The van der Waals surface area contributed by atoms with Gasteiger partial charge < -0.3 is 21.4 Å². The number of primary amides is 1. The van der Waals surface area contributed by atoms with Gasteiger partial charge in [-0.3, -0.25) is 15.0 Å². The van der Waals surface area contributed by atoms with Crippen LogP contribution in [0.25, 0.3) is 10.9 Å². The quantitative estimate of drug-likeness (QED) is 0.265. The van der Waals surface area contributed by atoms with E-state index in [4.69, 9.17) is 16.9 Å². The number of nitrogens with zero attached hydrogens (tertiary/aromatic N) is 1. The molecule has 1 heterocycles. The number of amidine groups is 1. The van der Waals surface area contributed by atoms with Crippen molar-refractivity contribution in [3.63, 3.8) is 0 Å². The number of benzene rings is 3. The predicted molar refractivity (Wildman–Crippen MR) is 132 cm³/mol. The molecule has 5 rings (SSSR count). The van der Waals surface area contributed by atoms with Gasteiger partial charge in [-0.1, -0.05) is 48.5 Å². The lowest BCUT2D eigenvalue weighted by molar-refractivity contribution is 0.0927. The van der Waals surface area contributed by atoms with E-state index in [-0.39, 0.29) is 17.8 Å². The lowest BCUT2D eigenvalue weighted by atomic mass is 10.1. The minimum absolute atomic E-state index is 0.0298. The molecule has 0 spiro atoms. The summed E-state index contributed by atoms with van der Waals surface area (Å²) in [4.78, 5) is 24.9. The van der Waals surface area contributed by atoms with E-state index < -0.39 is 5.91 Å². The van der Waals surface area contributed by atoms with E-state index in [1.165, 1.54) is 11.1 Å². The second kappa shape index (κ2) is 8.51. The Morgan fingerprint density at radius 3 is 2.44 bits per heavy atom. The van der Waals surface area contributed by atoms with Crippen molar-refractivity contribution < 1.29 is 9.59 Å². The average Bonchev–Trinajstić information content (AvgIpc) is 3.40. The molecule has 0 saturated carbocycles. The summed E-state index contributed by atoms with van der Waals surface area (Å²) in [6, 6.07) is 22.6. The Morgan fingerprint density at radius 2 is 1.71 bits per heavy atom. The van der Waals surface area contributed by atoms with E-state index in [1.54, 1.807) is 18.2 Å². The Bertz CT molecular complexity index is 1440. The molecule has 0 saturated heterocycles. The Hall–Kier alpha value is -4.39. The van der Waals surface area contributed by atoms with Gasteiger partial charge in [0.15, 0.2) is 0 Å². The molecule has 7 heteroatoms. The number of carbonyl (C=O) groups excluding carboxylic acids is 2. The monoisotopic (exact) mass is 451 g/mol. The van der Waals surface area contributed by atoms with Crippen LogP contribution in [0.3, 0.4) is 0 Å². The van der Waals surface area contributed by atoms with Gasteiger partial charge in [0.1, 0.15) is 11.5 Å². The zero-order valence-corrected chi connectivity index (χ0v) is 18.5. The van der Waals surface area contributed by atoms with Crippen LogP contribution in [0.15, 0.2) is 72.8 Å². The van der Waals surface area contributed by atoms with Gasteiger partial charge in [-0.25, -0.2) is 0 Å². The lowest BCUT2D eigenvalue weighted by Crippen LogP contribution is -2.29. The van der Waals surface area contributed by atoms with E-state index in [2.05, 4.69) is 17.4 Å². The largest absolute Gasteiger partial charge is 0.384 e. The molecule has 0 unspecified atom stereocenters. The summed E-state index contributed by atoms with van der Waals surface area (Å²) in [7, 11) is 0. The van der Waals surface area contributed by atoms with Crippen molar-refractivity contribution in [3.05, 3.63) is 106 Å². The van der Waals surface area contributed by atoms with Crippen LogP contribution in [0.2, 0.25) is 0 Å². The number of hydrogen-bond donors (Lipinski definition) is 4. The number of rotatable bonds is 6. The Labute approximate surface area is 196 Å². The first kappa shape index (κ1) is 21.5.